The Labute approximate surface area is 133 Å². The second kappa shape index (κ2) is 6.18. The van der Waals surface area contributed by atoms with Gasteiger partial charge < -0.3 is 10.6 Å². The van der Waals surface area contributed by atoms with Crippen LogP contribution in [-0.2, 0) is 11.8 Å². The van der Waals surface area contributed by atoms with Gasteiger partial charge >= 0.3 is 0 Å². The molecule has 1 aliphatic heterocycles. The van der Waals surface area contributed by atoms with Crippen LogP contribution in [0.15, 0.2) is 17.8 Å². The van der Waals surface area contributed by atoms with Crippen molar-refractivity contribution in [3.8, 4) is 0 Å². The van der Waals surface area contributed by atoms with Gasteiger partial charge in [0.05, 0.1) is 17.8 Å². The number of hydrogen-bond acceptors (Lipinski definition) is 5. The maximum atomic E-state index is 12.6. The fourth-order valence-electron chi connectivity index (χ4n) is 2.74. The summed E-state index contributed by atoms with van der Waals surface area (Å²) in [6, 6.07) is 0. The number of hydrogen-bond donors (Lipinski definition) is 2. The molecule has 2 aromatic rings. The molecule has 6 nitrogen and oxygen atoms in total. The lowest BCUT2D eigenvalue weighted by atomic mass is 9.90. The molecule has 1 saturated heterocycles. The third kappa shape index (κ3) is 3.05. The van der Waals surface area contributed by atoms with E-state index in [1.54, 1.807) is 4.68 Å². The number of anilines is 1. The third-order valence-electron chi connectivity index (χ3n) is 4.05. The molecule has 2 aromatic heterocycles. The summed E-state index contributed by atoms with van der Waals surface area (Å²) in [4.78, 5) is 17.0. The minimum Gasteiger partial charge on any atom is -0.315 e. The molecule has 3 heterocycles. The number of aryl methyl sites for hydroxylation is 1. The predicted octanol–water partition coefficient (Wildman–Crippen LogP) is 1.94. The Hall–Kier alpha value is -1.73. The van der Waals surface area contributed by atoms with Gasteiger partial charge in [-0.15, -0.1) is 11.3 Å². The molecule has 7 heteroatoms. The molecule has 0 unspecified atom stereocenters. The molecule has 2 N–H and O–H groups in total. The van der Waals surface area contributed by atoms with E-state index in [1.807, 2.05) is 24.8 Å². The van der Waals surface area contributed by atoms with Gasteiger partial charge in [-0.05, 0) is 11.5 Å². The molecule has 1 fully saturated rings. The minimum absolute atomic E-state index is 0.0310. The number of aromatic nitrogens is 3. The monoisotopic (exact) mass is 319 g/mol. The molecule has 0 saturated carbocycles. The number of carbonyl (C=O) groups is 1. The van der Waals surface area contributed by atoms with E-state index in [9.17, 15) is 4.79 Å². The van der Waals surface area contributed by atoms with Gasteiger partial charge in [0.2, 0.25) is 5.91 Å². The molecule has 0 bridgehead atoms. The Morgan fingerprint density at radius 2 is 2.32 bits per heavy atom. The number of thiazole rings is 1. The van der Waals surface area contributed by atoms with E-state index in [-0.39, 0.29) is 17.7 Å². The van der Waals surface area contributed by atoms with Crippen molar-refractivity contribution in [1.29, 1.82) is 0 Å². The first kappa shape index (κ1) is 15.2. The zero-order valence-corrected chi connectivity index (χ0v) is 13.9. The largest absolute Gasteiger partial charge is 0.315 e. The van der Waals surface area contributed by atoms with Crippen LogP contribution in [0.5, 0.6) is 0 Å². The fraction of sp³-hybridized carbons (Fsp3) is 0.533. The molecular formula is C15H21N5OS. The lowest BCUT2D eigenvalue weighted by Gasteiger charge is -2.16. The Balaban J connectivity index is 1.70. The Bertz CT molecular complexity index is 662. The van der Waals surface area contributed by atoms with Gasteiger partial charge in [0.25, 0.3) is 0 Å². The summed E-state index contributed by atoms with van der Waals surface area (Å²) >= 11 is 1.49. The molecule has 3 rings (SSSR count). The van der Waals surface area contributed by atoms with Gasteiger partial charge in [-0.25, -0.2) is 4.98 Å². The minimum atomic E-state index is -0.0874. The van der Waals surface area contributed by atoms with Crippen LogP contribution in [-0.4, -0.2) is 33.8 Å². The standard InChI is InChI=1S/C15H21N5OS/c1-9(2)13-8-22-15(18-13)19-14(21)12-6-16-5-11(12)10-4-17-20(3)7-10/h4,7-9,11-12,16H,5-6H2,1-3H3,(H,18,19,21)/t11-,12+/m1/s1. The van der Waals surface area contributed by atoms with Gasteiger partial charge in [-0.2, -0.15) is 5.10 Å². The SMILES string of the molecule is CC(C)c1csc(NC(=O)[C@H]2CNC[C@@H]2c2cnn(C)c2)n1. The van der Waals surface area contributed by atoms with Gasteiger partial charge in [0.1, 0.15) is 0 Å². The van der Waals surface area contributed by atoms with Crippen LogP contribution < -0.4 is 10.6 Å². The van der Waals surface area contributed by atoms with Gasteiger partial charge in [0, 0.05) is 37.6 Å². The van der Waals surface area contributed by atoms with Crippen LogP contribution in [0.25, 0.3) is 0 Å². The lowest BCUT2D eigenvalue weighted by molar-refractivity contribution is -0.119. The first-order chi connectivity index (χ1) is 10.5. The summed E-state index contributed by atoms with van der Waals surface area (Å²) in [5.74, 6) is 0.482. The lowest BCUT2D eigenvalue weighted by Crippen LogP contribution is -2.28. The van der Waals surface area contributed by atoms with Crippen molar-refractivity contribution in [1.82, 2.24) is 20.1 Å². The van der Waals surface area contributed by atoms with Crippen LogP contribution >= 0.6 is 11.3 Å². The van der Waals surface area contributed by atoms with Crippen LogP contribution in [0.2, 0.25) is 0 Å². The van der Waals surface area contributed by atoms with Crippen LogP contribution in [0.3, 0.4) is 0 Å². The summed E-state index contributed by atoms with van der Waals surface area (Å²) in [6.07, 6.45) is 3.83. The van der Waals surface area contributed by atoms with E-state index in [1.165, 1.54) is 11.3 Å². The van der Waals surface area contributed by atoms with Crippen LogP contribution in [0, 0.1) is 5.92 Å². The molecular weight excluding hydrogens is 298 g/mol. The van der Waals surface area contributed by atoms with Crippen molar-refractivity contribution >= 4 is 22.4 Å². The highest BCUT2D eigenvalue weighted by Gasteiger charge is 2.35. The van der Waals surface area contributed by atoms with E-state index >= 15 is 0 Å². The van der Waals surface area contributed by atoms with Gasteiger partial charge in [0.15, 0.2) is 5.13 Å². The molecule has 0 aromatic carbocycles. The summed E-state index contributed by atoms with van der Waals surface area (Å²) in [7, 11) is 1.89. The molecule has 22 heavy (non-hydrogen) atoms. The highest BCUT2D eigenvalue weighted by molar-refractivity contribution is 7.13. The van der Waals surface area contributed by atoms with Crippen LogP contribution in [0.4, 0.5) is 5.13 Å². The molecule has 118 valence electrons. The second-order valence-corrected chi connectivity index (χ2v) is 6.90. The summed E-state index contributed by atoms with van der Waals surface area (Å²) in [6.45, 7) is 5.69. The number of carbonyl (C=O) groups excluding carboxylic acids is 1. The van der Waals surface area contributed by atoms with Crippen LogP contribution in [0.1, 0.15) is 36.9 Å². The number of amides is 1. The van der Waals surface area contributed by atoms with E-state index in [0.29, 0.717) is 17.6 Å². The van der Waals surface area contributed by atoms with Crippen molar-refractivity contribution in [2.45, 2.75) is 25.7 Å². The quantitative estimate of drug-likeness (QED) is 0.903. The van der Waals surface area contributed by atoms with E-state index in [4.69, 9.17) is 0 Å². The zero-order chi connectivity index (χ0) is 15.7. The van der Waals surface area contributed by atoms with Gasteiger partial charge in [-0.1, -0.05) is 13.8 Å². The molecule has 0 radical (unpaired) electrons. The summed E-state index contributed by atoms with van der Waals surface area (Å²) < 4.78 is 1.78. The Morgan fingerprint density at radius 3 is 2.95 bits per heavy atom. The van der Waals surface area contributed by atoms with Crippen molar-refractivity contribution in [2.24, 2.45) is 13.0 Å². The average Bonchev–Trinajstić information content (AvgIpc) is 3.16. The highest BCUT2D eigenvalue weighted by Crippen LogP contribution is 2.29. The summed E-state index contributed by atoms with van der Waals surface area (Å²) in [5.41, 5.74) is 2.13. The average molecular weight is 319 g/mol. The molecule has 1 aliphatic rings. The maximum absolute atomic E-state index is 12.6. The van der Waals surface area contributed by atoms with Gasteiger partial charge in [-0.3, -0.25) is 9.48 Å². The molecule has 1 amide bonds. The van der Waals surface area contributed by atoms with Crippen molar-refractivity contribution in [2.75, 3.05) is 18.4 Å². The molecule has 0 aliphatic carbocycles. The Morgan fingerprint density at radius 1 is 1.50 bits per heavy atom. The smallest absolute Gasteiger partial charge is 0.231 e. The summed E-state index contributed by atoms with van der Waals surface area (Å²) in [5, 5.41) is 13.2. The number of rotatable bonds is 4. The third-order valence-corrected chi connectivity index (χ3v) is 4.82. The zero-order valence-electron chi connectivity index (χ0n) is 13.0. The first-order valence-electron chi connectivity index (χ1n) is 7.50. The number of nitrogens with zero attached hydrogens (tertiary/aromatic N) is 3. The fourth-order valence-corrected chi connectivity index (χ4v) is 3.62. The topological polar surface area (TPSA) is 71.8 Å². The van der Waals surface area contributed by atoms with E-state index in [0.717, 1.165) is 17.8 Å². The van der Waals surface area contributed by atoms with Crippen molar-refractivity contribution < 1.29 is 4.79 Å². The van der Waals surface area contributed by atoms with E-state index < -0.39 is 0 Å². The van der Waals surface area contributed by atoms with E-state index in [2.05, 4.69) is 34.6 Å². The van der Waals surface area contributed by atoms with Crippen molar-refractivity contribution in [3.05, 3.63) is 29.0 Å². The maximum Gasteiger partial charge on any atom is 0.231 e. The Kier molecular flexibility index (Phi) is 4.26. The normalized spacial score (nSPS) is 21.5. The highest BCUT2D eigenvalue weighted by atomic mass is 32.1. The number of nitrogens with one attached hydrogen (secondary N) is 2. The van der Waals surface area contributed by atoms with Crippen molar-refractivity contribution in [3.63, 3.8) is 0 Å². The second-order valence-electron chi connectivity index (χ2n) is 6.04. The molecule has 2 atom stereocenters. The molecule has 0 spiro atoms. The predicted molar refractivity (Wildman–Crippen MR) is 87.1 cm³/mol. The first-order valence-corrected chi connectivity index (χ1v) is 8.38.